The van der Waals surface area contributed by atoms with Gasteiger partial charge in [-0.3, -0.25) is 9.59 Å². The quantitative estimate of drug-likeness (QED) is 0.631. The summed E-state index contributed by atoms with van der Waals surface area (Å²) in [7, 11) is 1.35. The second kappa shape index (κ2) is 6.59. The van der Waals surface area contributed by atoms with Gasteiger partial charge in [0.2, 0.25) is 0 Å². The van der Waals surface area contributed by atoms with E-state index < -0.39 is 5.41 Å². The molecule has 1 fully saturated rings. The van der Waals surface area contributed by atoms with Crippen molar-refractivity contribution in [3.8, 4) is 0 Å². The van der Waals surface area contributed by atoms with Gasteiger partial charge in [-0.25, -0.2) is 4.39 Å². The number of methoxy groups -OCH3 is 1. The van der Waals surface area contributed by atoms with Gasteiger partial charge in [0, 0.05) is 12.3 Å². The van der Waals surface area contributed by atoms with E-state index in [2.05, 4.69) is 0 Å². The lowest BCUT2D eigenvalue weighted by Gasteiger charge is -2.31. The molecule has 3 nitrogen and oxygen atoms in total. The van der Waals surface area contributed by atoms with Gasteiger partial charge in [-0.05, 0) is 49.8 Å². The summed E-state index contributed by atoms with van der Waals surface area (Å²) < 4.78 is 19.0. The minimum absolute atomic E-state index is 0.0135. The molecule has 1 saturated carbocycles. The SMILES string of the molecule is CCC1CCC(C(=O)OC)(c2cccc(F)c2C)CCC1=O. The summed E-state index contributed by atoms with van der Waals surface area (Å²) in [4.78, 5) is 24.8. The molecule has 1 aromatic carbocycles. The summed E-state index contributed by atoms with van der Waals surface area (Å²) in [6, 6.07) is 4.79. The first-order valence-corrected chi connectivity index (χ1v) is 7.83. The van der Waals surface area contributed by atoms with Crippen molar-refractivity contribution in [2.75, 3.05) is 7.11 Å². The molecule has 22 heavy (non-hydrogen) atoms. The van der Waals surface area contributed by atoms with Crippen LogP contribution in [0.3, 0.4) is 0 Å². The Balaban J connectivity index is 2.52. The summed E-state index contributed by atoms with van der Waals surface area (Å²) in [5.74, 6) is -0.517. The number of hydrogen-bond acceptors (Lipinski definition) is 3. The van der Waals surface area contributed by atoms with Crippen molar-refractivity contribution in [1.29, 1.82) is 0 Å². The molecule has 0 radical (unpaired) electrons. The highest BCUT2D eigenvalue weighted by atomic mass is 19.1. The van der Waals surface area contributed by atoms with E-state index in [-0.39, 0.29) is 23.5 Å². The molecule has 1 aliphatic rings. The molecule has 0 bridgehead atoms. The lowest BCUT2D eigenvalue weighted by atomic mass is 9.72. The smallest absolute Gasteiger partial charge is 0.316 e. The zero-order chi connectivity index (χ0) is 16.3. The number of benzene rings is 1. The first-order chi connectivity index (χ1) is 10.5. The molecule has 120 valence electrons. The highest BCUT2D eigenvalue weighted by molar-refractivity contribution is 5.87. The highest BCUT2D eigenvalue weighted by Gasteiger charge is 2.45. The van der Waals surface area contributed by atoms with E-state index in [0.29, 0.717) is 36.8 Å². The van der Waals surface area contributed by atoms with Gasteiger partial charge in [-0.1, -0.05) is 19.1 Å². The number of esters is 1. The van der Waals surface area contributed by atoms with Gasteiger partial charge in [0.05, 0.1) is 12.5 Å². The Hall–Kier alpha value is -1.71. The molecule has 0 saturated heterocycles. The molecule has 1 aliphatic carbocycles. The standard InChI is InChI=1S/C18H23FO3/c1-4-13-8-10-18(17(21)22-3,11-9-16(13)20)14-6-5-7-15(19)12(14)2/h5-7,13H,4,8-11H2,1-3H3. The van der Waals surface area contributed by atoms with Crippen LogP contribution in [0.2, 0.25) is 0 Å². The van der Waals surface area contributed by atoms with Crippen molar-refractivity contribution in [1.82, 2.24) is 0 Å². The molecular weight excluding hydrogens is 283 g/mol. The lowest BCUT2D eigenvalue weighted by molar-refractivity contribution is -0.148. The molecule has 1 aromatic rings. The van der Waals surface area contributed by atoms with Crippen molar-refractivity contribution in [3.63, 3.8) is 0 Å². The average molecular weight is 306 g/mol. The topological polar surface area (TPSA) is 43.4 Å². The fraction of sp³-hybridized carbons (Fsp3) is 0.556. The Morgan fingerprint density at radius 1 is 1.41 bits per heavy atom. The van der Waals surface area contributed by atoms with Gasteiger partial charge < -0.3 is 4.74 Å². The van der Waals surface area contributed by atoms with Crippen molar-refractivity contribution in [2.45, 2.75) is 51.4 Å². The number of ether oxygens (including phenoxy) is 1. The maximum atomic E-state index is 14.0. The highest BCUT2D eigenvalue weighted by Crippen LogP contribution is 2.42. The predicted molar refractivity (Wildman–Crippen MR) is 82.1 cm³/mol. The second-order valence-corrected chi connectivity index (χ2v) is 6.10. The van der Waals surface area contributed by atoms with Crippen LogP contribution in [0.4, 0.5) is 4.39 Å². The van der Waals surface area contributed by atoms with E-state index in [1.165, 1.54) is 13.2 Å². The average Bonchev–Trinajstić information content (AvgIpc) is 2.69. The monoisotopic (exact) mass is 306 g/mol. The van der Waals surface area contributed by atoms with Gasteiger partial charge >= 0.3 is 5.97 Å². The number of ketones is 1. The fourth-order valence-electron chi connectivity index (χ4n) is 3.58. The zero-order valence-electron chi connectivity index (χ0n) is 13.4. The number of carbonyl (C=O) groups is 2. The Bertz CT molecular complexity index is 582. The summed E-state index contributed by atoms with van der Waals surface area (Å²) in [6.45, 7) is 3.67. The van der Waals surface area contributed by atoms with E-state index in [1.807, 2.05) is 6.92 Å². The van der Waals surface area contributed by atoms with Crippen LogP contribution in [-0.4, -0.2) is 18.9 Å². The molecule has 0 aliphatic heterocycles. The van der Waals surface area contributed by atoms with Crippen LogP contribution in [0.5, 0.6) is 0 Å². The summed E-state index contributed by atoms with van der Waals surface area (Å²) in [5.41, 5.74) is 0.208. The van der Waals surface area contributed by atoms with E-state index in [9.17, 15) is 14.0 Å². The van der Waals surface area contributed by atoms with Crippen LogP contribution in [-0.2, 0) is 19.7 Å². The maximum absolute atomic E-state index is 14.0. The molecule has 0 N–H and O–H groups in total. The number of Topliss-reactive ketones (excluding diaryl/α,β-unsaturated/α-hetero) is 1. The van der Waals surface area contributed by atoms with Crippen molar-refractivity contribution in [3.05, 3.63) is 35.1 Å². The van der Waals surface area contributed by atoms with E-state index in [4.69, 9.17) is 4.74 Å². The Morgan fingerprint density at radius 3 is 2.77 bits per heavy atom. The van der Waals surface area contributed by atoms with Crippen LogP contribution in [0.1, 0.15) is 50.2 Å². The third-order valence-corrected chi connectivity index (χ3v) is 5.03. The number of carbonyl (C=O) groups excluding carboxylic acids is 2. The van der Waals surface area contributed by atoms with Crippen LogP contribution < -0.4 is 0 Å². The molecule has 4 heteroatoms. The fourth-order valence-corrected chi connectivity index (χ4v) is 3.58. The normalized spacial score (nSPS) is 25.6. The van der Waals surface area contributed by atoms with Gasteiger partial charge in [-0.2, -0.15) is 0 Å². The van der Waals surface area contributed by atoms with Crippen LogP contribution >= 0.6 is 0 Å². The van der Waals surface area contributed by atoms with Crippen LogP contribution in [0.25, 0.3) is 0 Å². The zero-order valence-corrected chi connectivity index (χ0v) is 13.4. The predicted octanol–water partition coefficient (Wildman–Crippen LogP) is 3.71. The van der Waals surface area contributed by atoms with E-state index in [0.717, 1.165) is 6.42 Å². The Kier molecular flexibility index (Phi) is 4.99. The van der Waals surface area contributed by atoms with Crippen LogP contribution in [0.15, 0.2) is 18.2 Å². The molecule has 0 amide bonds. The van der Waals surface area contributed by atoms with Crippen molar-refractivity contribution < 1.29 is 18.7 Å². The lowest BCUT2D eigenvalue weighted by Crippen LogP contribution is -2.37. The second-order valence-electron chi connectivity index (χ2n) is 6.10. The van der Waals surface area contributed by atoms with Gasteiger partial charge in [-0.15, -0.1) is 0 Å². The van der Waals surface area contributed by atoms with Gasteiger partial charge in [0.1, 0.15) is 11.6 Å². The largest absolute Gasteiger partial charge is 0.468 e. The molecule has 2 rings (SSSR count). The molecule has 0 spiro atoms. The Labute approximate surface area is 130 Å². The minimum Gasteiger partial charge on any atom is -0.468 e. The summed E-state index contributed by atoms with van der Waals surface area (Å²) in [6.07, 6.45) is 2.66. The Morgan fingerprint density at radius 2 is 2.14 bits per heavy atom. The van der Waals surface area contributed by atoms with Crippen molar-refractivity contribution in [2.24, 2.45) is 5.92 Å². The van der Waals surface area contributed by atoms with E-state index in [1.54, 1.807) is 19.1 Å². The van der Waals surface area contributed by atoms with Gasteiger partial charge in [0.15, 0.2) is 0 Å². The third-order valence-electron chi connectivity index (χ3n) is 5.03. The van der Waals surface area contributed by atoms with Gasteiger partial charge in [0.25, 0.3) is 0 Å². The van der Waals surface area contributed by atoms with E-state index >= 15 is 0 Å². The first-order valence-electron chi connectivity index (χ1n) is 7.83. The number of halogens is 1. The third kappa shape index (κ3) is 2.79. The maximum Gasteiger partial charge on any atom is 0.316 e. The minimum atomic E-state index is -0.916. The molecule has 2 atom stereocenters. The molecule has 0 aromatic heterocycles. The number of rotatable bonds is 3. The molecule has 0 heterocycles. The first kappa shape index (κ1) is 16.7. The summed E-state index contributed by atoms with van der Waals surface area (Å²) >= 11 is 0. The molecule has 2 unspecified atom stereocenters. The number of hydrogen-bond donors (Lipinski definition) is 0. The van der Waals surface area contributed by atoms with Crippen molar-refractivity contribution >= 4 is 11.8 Å². The summed E-state index contributed by atoms with van der Waals surface area (Å²) in [5, 5.41) is 0. The molecular formula is C18H23FO3. The van der Waals surface area contributed by atoms with Crippen LogP contribution in [0, 0.1) is 18.7 Å².